The van der Waals surface area contributed by atoms with Crippen molar-refractivity contribution >= 4 is 17.9 Å². The number of benzene rings is 1. The van der Waals surface area contributed by atoms with Crippen LogP contribution in [-0.2, 0) is 14.3 Å². The minimum atomic E-state index is -1.30. The van der Waals surface area contributed by atoms with Gasteiger partial charge in [0.2, 0.25) is 11.8 Å². The number of hydrogen-bond donors (Lipinski definition) is 4. The third-order valence-corrected chi connectivity index (χ3v) is 4.42. The van der Waals surface area contributed by atoms with E-state index in [0.717, 1.165) is 24.2 Å². The molecule has 1 aromatic rings. The van der Waals surface area contributed by atoms with Gasteiger partial charge in [0.1, 0.15) is 23.4 Å². The summed E-state index contributed by atoms with van der Waals surface area (Å²) in [6.07, 6.45) is 1.90. The van der Waals surface area contributed by atoms with E-state index < -0.39 is 42.2 Å². The predicted molar refractivity (Wildman–Crippen MR) is 116 cm³/mol. The molecule has 0 saturated heterocycles. The van der Waals surface area contributed by atoms with E-state index in [-0.39, 0.29) is 5.75 Å². The number of likely N-dealkylation sites (N-methyl/N-ethyl adjacent to an activating group) is 1. The summed E-state index contributed by atoms with van der Waals surface area (Å²) >= 11 is 0. The summed E-state index contributed by atoms with van der Waals surface area (Å²) < 4.78 is 5.14. The number of phenolic OH excluding ortho intramolecular Hbond substituents is 1. The molecule has 0 aliphatic carbocycles. The maximum Gasteiger partial charge on any atom is 0.408 e. The van der Waals surface area contributed by atoms with Gasteiger partial charge in [-0.05, 0) is 44.9 Å². The average Bonchev–Trinajstić information content (AvgIpc) is 2.67. The second kappa shape index (κ2) is 12.1. The van der Waals surface area contributed by atoms with Crippen molar-refractivity contribution in [3.8, 4) is 5.75 Å². The lowest BCUT2D eigenvalue weighted by atomic mass is 10.0. The van der Waals surface area contributed by atoms with E-state index in [1.807, 2.05) is 0 Å². The SMILES string of the molecule is CCCCCNC(=O)C(c1cccc(O)c1)N(C)C(=O)C(CO)NC(=O)OC(C)(C)C. The molecule has 2 atom stereocenters. The van der Waals surface area contributed by atoms with Crippen LogP contribution >= 0.6 is 0 Å². The number of aromatic hydroxyl groups is 1. The maximum atomic E-state index is 13.0. The summed E-state index contributed by atoms with van der Waals surface area (Å²) in [5.74, 6) is -1.15. The van der Waals surface area contributed by atoms with Crippen LogP contribution in [0.2, 0.25) is 0 Å². The lowest BCUT2D eigenvalue weighted by Gasteiger charge is -2.31. The number of amides is 3. The van der Waals surface area contributed by atoms with Gasteiger partial charge in [0.05, 0.1) is 6.61 Å². The monoisotopic (exact) mass is 437 g/mol. The van der Waals surface area contributed by atoms with Crippen LogP contribution in [0.1, 0.15) is 58.6 Å². The van der Waals surface area contributed by atoms with Gasteiger partial charge < -0.3 is 30.5 Å². The van der Waals surface area contributed by atoms with Crippen molar-refractivity contribution in [2.45, 2.75) is 64.6 Å². The molecule has 0 aliphatic heterocycles. The Kier molecular flexibility index (Phi) is 10.3. The number of carbonyl (C=O) groups is 3. The van der Waals surface area contributed by atoms with Gasteiger partial charge in [-0.25, -0.2) is 4.79 Å². The van der Waals surface area contributed by atoms with E-state index in [9.17, 15) is 24.6 Å². The summed E-state index contributed by atoms with van der Waals surface area (Å²) in [7, 11) is 1.40. The number of aliphatic hydroxyl groups excluding tert-OH is 1. The number of hydrogen-bond acceptors (Lipinski definition) is 6. The topological polar surface area (TPSA) is 128 Å². The Balaban J connectivity index is 3.05. The molecule has 174 valence electrons. The zero-order valence-electron chi connectivity index (χ0n) is 19.0. The van der Waals surface area contributed by atoms with Crippen LogP contribution in [0.15, 0.2) is 24.3 Å². The fourth-order valence-corrected chi connectivity index (χ4v) is 2.94. The Labute approximate surface area is 183 Å². The number of carbonyl (C=O) groups excluding carboxylic acids is 3. The Morgan fingerprint density at radius 2 is 1.87 bits per heavy atom. The first kappa shape index (κ1) is 26.2. The molecule has 31 heavy (non-hydrogen) atoms. The van der Waals surface area contributed by atoms with Crippen molar-refractivity contribution in [2.24, 2.45) is 0 Å². The molecule has 0 radical (unpaired) electrons. The largest absolute Gasteiger partial charge is 0.508 e. The second-order valence-electron chi connectivity index (χ2n) is 8.33. The van der Waals surface area contributed by atoms with Gasteiger partial charge in [0, 0.05) is 13.6 Å². The van der Waals surface area contributed by atoms with Crippen molar-refractivity contribution in [3.05, 3.63) is 29.8 Å². The smallest absolute Gasteiger partial charge is 0.408 e. The Morgan fingerprint density at radius 3 is 2.42 bits per heavy atom. The number of aliphatic hydroxyl groups is 1. The van der Waals surface area contributed by atoms with E-state index in [1.165, 1.54) is 19.2 Å². The summed E-state index contributed by atoms with van der Waals surface area (Å²) in [6, 6.07) is 3.69. The van der Waals surface area contributed by atoms with Gasteiger partial charge in [-0.1, -0.05) is 31.9 Å². The molecule has 9 nitrogen and oxygen atoms in total. The molecule has 0 aromatic heterocycles. The van der Waals surface area contributed by atoms with Crippen LogP contribution in [0.4, 0.5) is 4.79 Å². The summed E-state index contributed by atoms with van der Waals surface area (Å²) in [4.78, 5) is 39.1. The highest BCUT2D eigenvalue weighted by Gasteiger charge is 2.33. The van der Waals surface area contributed by atoms with Crippen molar-refractivity contribution in [3.63, 3.8) is 0 Å². The fourth-order valence-electron chi connectivity index (χ4n) is 2.94. The molecule has 4 N–H and O–H groups in total. The number of phenols is 1. The van der Waals surface area contributed by atoms with Crippen LogP contribution in [0.3, 0.4) is 0 Å². The van der Waals surface area contributed by atoms with E-state index in [1.54, 1.807) is 32.9 Å². The van der Waals surface area contributed by atoms with Gasteiger partial charge >= 0.3 is 6.09 Å². The van der Waals surface area contributed by atoms with E-state index >= 15 is 0 Å². The van der Waals surface area contributed by atoms with E-state index in [4.69, 9.17) is 4.74 Å². The third kappa shape index (κ3) is 8.84. The highest BCUT2D eigenvalue weighted by atomic mass is 16.6. The number of rotatable bonds is 10. The van der Waals surface area contributed by atoms with Gasteiger partial charge in [-0.15, -0.1) is 0 Å². The Hall–Kier alpha value is -2.81. The maximum absolute atomic E-state index is 13.0. The minimum absolute atomic E-state index is 0.0484. The molecule has 2 unspecified atom stereocenters. The van der Waals surface area contributed by atoms with Crippen LogP contribution in [0, 0.1) is 0 Å². The van der Waals surface area contributed by atoms with Crippen LogP contribution in [0.5, 0.6) is 5.75 Å². The van der Waals surface area contributed by atoms with Crippen molar-refractivity contribution in [1.29, 1.82) is 0 Å². The molecule has 1 aromatic carbocycles. The van der Waals surface area contributed by atoms with Crippen molar-refractivity contribution in [1.82, 2.24) is 15.5 Å². The number of unbranched alkanes of at least 4 members (excludes halogenated alkanes) is 2. The first-order valence-electron chi connectivity index (χ1n) is 10.4. The van der Waals surface area contributed by atoms with E-state index in [0.29, 0.717) is 12.1 Å². The van der Waals surface area contributed by atoms with Crippen LogP contribution in [-0.4, -0.2) is 64.9 Å². The molecule has 0 spiro atoms. The summed E-state index contributed by atoms with van der Waals surface area (Å²) in [6.45, 7) is 6.85. The minimum Gasteiger partial charge on any atom is -0.508 e. The quantitative estimate of drug-likeness (QED) is 0.415. The molecule has 9 heteroatoms. The fraction of sp³-hybridized carbons (Fsp3) is 0.591. The molecule has 3 amide bonds. The number of ether oxygens (including phenoxy) is 1. The Morgan fingerprint density at radius 1 is 1.19 bits per heavy atom. The zero-order chi connectivity index (χ0) is 23.6. The zero-order valence-corrected chi connectivity index (χ0v) is 19.0. The first-order valence-corrected chi connectivity index (χ1v) is 10.4. The lowest BCUT2D eigenvalue weighted by Crippen LogP contribution is -2.53. The van der Waals surface area contributed by atoms with Crippen molar-refractivity contribution in [2.75, 3.05) is 20.2 Å². The normalized spacial score (nSPS) is 13.1. The van der Waals surface area contributed by atoms with E-state index in [2.05, 4.69) is 17.6 Å². The standard InChI is InChI=1S/C22H35N3O6/c1-6-7-8-12-23-19(28)18(15-10-9-11-16(27)13-15)25(5)20(29)17(14-26)24-21(30)31-22(2,3)4/h9-11,13,17-18,26-27H,6-8,12,14H2,1-5H3,(H,23,28)(H,24,30). The highest BCUT2D eigenvalue weighted by molar-refractivity contribution is 5.92. The average molecular weight is 438 g/mol. The summed E-state index contributed by atoms with van der Waals surface area (Å²) in [5.41, 5.74) is -0.376. The molecule has 0 fully saturated rings. The lowest BCUT2D eigenvalue weighted by molar-refractivity contribution is -0.141. The highest BCUT2D eigenvalue weighted by Crippen LogP contribution is 2.24. The first-order chi connectivity index (χ1) is 14.5. The Bertz CT molecular complexity index is 747. The molecule has 0 aliphatic rings. The van der Waals surface area contributed by atoms with Crippen molar-refractivity contribution < 1.29 is 29.3 Å². The molecular formula is C22H35N3O6. The third-order valence-electron chi connectivity index (χ3n) is 4.42. The number of nitrogens with one attached hydrogen (secondary N) is 2. The van der Waals surface area contributed by atoms with Crippen LogP contribution < -0.4 is 10.6 Å². The van der Waals surface area contributed by atoms with Gasteiger partial charge in [-0.2, -0.15) is 0 Å². The van der Waals surface area contributed by atoms with Gasteiger partial charge in [0.15, 0.2) is 0 Å². The molecule has 0 heterocycles. The summed E-state index contributed by atoms with van der Waals surface area (Å²) in [5, 5.41) is 24.7. The number of alkyl carbamates (subject to hydrolysis) is 1. The molecule has 1 rings (SSSR count). The van der Waals surface area contributed by atoms with Gasteiger partial charge in [-0.3, -0.25) is 9.59 Å². The second-order valence-corrected chi connectivity index (χ2v) is 8.33. The molecule has 0 saturated carbocycles. The van der Waals surface area contributed by atoms with Gasteiger partial charge in [0.25, 0.3) is 0 Å². The predicted octanol–water partition coefficient (Wildman–Crippen LogP) is 2.08. The van der Waals surface area contributed by atoms with Crippen LogP contribution in [0.25, 0.3) is 0 Å². The molecule has 0 bridgehead atoms. The number of nitrogens with zero attached hydrogens (tertiary/aromatic N) is 1. The molecular weight excluding hydrogens is 402 g/mol.